The van der Waals surface area contributed by atoms with Gasteiger partial charge in [0.05, 0.1) is 0 Å². The van der Waals surface area contributed by atoms with E-state index in [0.717, 1.165) is 18.0 Å². The smallest absolute Gasteiger partial charge is 0.328 e. The Hall–Kier alpha value is -2.28. The van der Waals surface area contributed by atoms with Crippen molar-refractivity contribution in [3.05, 3.63) is 70.8 Å². The van der Waals surface area contributed by atoms with Gasteiger partial charge in [0.25, 0.3) is 0 Å². The summed E-state index contributed by atoms with van der Waals surface area (Å²) in [7, 11) is 0. The van der Waals surface area contributed by atoms with Gasteiger partial charge in [-0.25, -0.2) is 9.59 Å². The molecule has 0 spiro atoms. The molecule has 0 radical (unpaired) electrons. The molecular formula is C22H24ClNO4S. The van der Waals surface area contributed by atoms with Gasteiger partial charge in [0.1, 0.15) is 0 Å². The van der Waals surface area contributed by atoms with Crippen molar-refractivity contribution in [1.82, 2.24) is 5.32 Å². The van der Waals surface area contributed by atoms with Gasteiger partial charge in [-0.3, -0.25) is 0 Å². The van der Waals surface area contributed by atoms with E-state index in [0.29, 0.717) is 18.2 Å². The van der Waals surface area contributed by atoms with Crippen LogP contribution in [0.4, 0.5) is 0 Å². The lowest BCUT2D eigenvalue weighted by Crippen LogP contribution is -2.24. The van der Waals surface area contributed by atoms with E-state index in [2.05, 4.69) is 48.6 Å². The summed E-state index contributed by atoms with van der Waals surface area (Å²) in [4.78, 5) is 21.8. The predicted molar refractivity (Wildman–Crippen MR) is 116 cm³/mol. The Morgan fingerprint density at radius 1 is 1.14 bits per heavy atom. The molecule has 3 N–H and O–H groups in total. The molecule has 154 valence electrons. The molecule has 1 atom stereocenters. The van der Waals surface area contributed by atoms with E-state index in [1.165, 1.54) is 33.8 Å². The van der Waals surface area contributed by atoms with Crippen LogP contribution in [0.1, 0.15) is 36.9 Å². The summed E-state index contributed by atoms with van der Waals surface area (Å²) in [5.74, 6) is -2.51. The third-order valence-corrected chi connectivity index (χ3v) is 5.70. The summed E-state index contributed by atoms with van der Waals surface area (Å²) in [6, 6.07) is 15.4. The summed E-state index contributed by atoms with van der Waals surface area (Å²) < 4.78 is 0. The van der Waals surface area contributed by atoms with Gasteiger partial charge < -0.3 is 15.5 Å². The van der Waals surface area contributed by atoms with Crippen molar-refractivity contribution >= 4 is 35.3 Å². The van der Waals surface area contributed by atoms with Crippen LogP contribution in [0.2, 0.25) is 5.02 Å². The third kappa shape index (κ3) is 7.57. The van der Waals surface area contributed by atoms with Crippen LogP contribution in [0.3, 0.4) is 0 Å². The Bertz CT molecular complexity index is 869. The van der Waals surface area contributed by atoms with Crippen LogP contribution in [0, 0.1) is 0 Å². The minimum Gasteiger partial charge on any atom is -0.478 e. The molecule has 0 amide bonds. The fourth-order valence-electron chi connectivity index (χ4n) is 2.89. The molecule has 0 saturated carbocycles. The van der Waals surface area contributed by atoms with Gasteiger partial charge in [0.2, 0.25) is 0 Å². The second-order valence-corrected chi connectivity index (χ2v) is 7.99. The van der Waals surface area contributed by atoms with Crippen LogP contribution >= 0.6 is 23.4 Å². The van der Waals surface area contributed by atoms with Gasteiger partial charge in [-0.1, -0.05) is 54.9 Å². The molecule has 1 unspecified atom stereocenters. The van der Waals surface area contributed by atoms with E-state index in [1.54, 1.807) is 0 Å². The Morgan fingerprint density at radius 2 is 1.83 bits per heavy atom. The van der Waals surface area contributed by atoms with E-state index in [9.17, 15) is 9.59 Å². The monoisotopic (exact) mass is 433 g/mol. The maximum Gasteiger partial charge on any atom is 0.328 e. The second kappa shape index (κ2) is 11.7. The number of carboxylic acid groups (broad SMARTS) is 2. The van der Waals surface area contributed by atoms with Crippen molar-refractivity contribution in [3.63, 3.8) is 0 Å². The highest BCUT2D eigenvalue weighted by Crippen LogP contribution is 2.41. The molecule has 0 aromatic heterocycles. The molecule has 0 bridgehead atoms. The fourth-order valence-corrected chi connectivity index (χ4v) is 4.21. The molecule has 0 saturated heterocycles. The lowest BCUT2D eigenvalue weighted by molar-refractivity contribution is -0.134. The van der Waals surface area contributed by atoms with Crippen LogP contribution in [0.5, 0.6) is 0 Å². The standard InChI is InChI=1S/C18H20ClNS.C4H4O4/c1-2-3-10-20-16-12-13-11-14(19)8-9-17(13)21-18-7-5-4-6-15(16)18;5-3(6)1-2-4(7)8/h4-9,11,16,20H,2-3,10,12H2,1H3;1-2H,(H,5,6)(H,7,8)/b;2-1-. The number of rotatable bonds is 6. The highest BCUT2D eigenvalue weighted by Gasteiger charge is 2.22. The summed E-state index contributed by atoms with van der Waals surface area (Å²) in [6.07, 6.45) is 4.56. The first-order valence-corrected chi connectivity index (χ1v) is 10.5. The van der Waals surface area contributed by atoms with Crippen molar-refractivity contribution in [2.75, 3.05) is 6.54 Å². The average molecular weight is 434 g/mol. The van der Waals surface area contributed by atoms with Gasteiger partial charge in [0.15, 0.2) is 0 Å². The average Bonchev–Trinajstić information content (AvgIpc) is 2.83. The molecule has 0 fully saturated rings. The van der Waals surface area contributed by atoms with Gasteiger partial charge >= 0.3 is 11.9 Å². The molecule has 1 aliphatic heterocycles. The summed E-state index contributed by atoms with van der Waals surface area (Å²) in [5.41, 5.74) is 2.75. The zero-order valence-corrected chi connectivity index (χ0v) is 17.7. The Labute approximate surface area is 179 Å². The molecule has 2 aromatic rings. The first-order chi connectivity index (χ1) is 13.9. The zero-order valence-electron chi connectivity index (χ0n) is 16.1. The Morgan fingerprint density at radius 3 is 2.48 bits per heavy atom. The fraction of sp³-hybridized carbons (Fsp3) is 0.273. The van der Waals surface area contributed by atoms with Crippen molar-refractivity contribution in [1.29, 1.82) is 0 Å². The molecular weight excluding hydrogens is 410 g/mol. The van der Waals surface area contributed by atoms with Gasteiger partial charge in [-0.15, -0.1) is 0 Å². The van der Waals surface area contributed by atoms with Crippen LogP contribution in [0.25, 0.3) is 0 Å². The highest BCUT2D eigenvalue weighted by molar-refractivity contribution is 7.99. The van der Waals surface area contributed by atoms with E-state index >= 15 is 0 Å². The highest BCUT2D eigenvalue weighted by atomic mass is 35.5. The van der Waals surface area contributed by atoms with E-state index < -0.39 is 11.9 Å². The zero-order chi connectivity index (χ0) is 21.2. The van der Waals surface area contributed by atoms with Crippen molar-refractivity contribution in [2.45, 2.75) is 42.0 Å². The minimum atomic E-state index is -1.26. The number of unbranched alkanes of at least 4 members (excludes halogenated alkanes) is 1. The number of carbonyl (C=O) groups is 2. The van der Waals surface area contributed by atoms with Crippen molar-refractivity contribution < 1.29 is 19.8 Å². The van der Waals surface area contributed by atoms with E-state index in [4.69, 9.17) is 21.8 Å². The molecule has 1 heterocycles. The Balaban J connectivity index is 0.000000321. The molecule has 2 aromatic carbocycles. The Kier molecular flexibility index (Phi) is 9.25. The normalized spacial score (nSPS) is 14.9. The molecule has 5 nitrogen and oxygen atoms in total. The molecule has 0 aliphatic carbocycles. The van der Waals surface area contributed by atoms with Crippen molar-refractivity contribution in [3.8, 4) is 0 Å². The molecule has 7 heteroatoms. The van der Waals surface area contributed by atoms with Crippen LogP contribution in [0.15, 0.2) is 64.4 Å². The predicted octanol–water partition coefficient (Wildman–Crippen LogP) is 5.19. The summed E-state index contributed by atoms with van der Waals surface area (Å²) in [5, 5.41) is 20.2. The van der Waals surface area contributed by atoms with Gasteiger partial charge in [0, 0.05) is 33.0 Å². The minimum absolute atomic E-state index is 0.375. The van der Waals surface area contributed by atoms with Gasteiger partial charge in [-0.05, 0) is 54.8 Å². The molecule has 1 aliphatic rings. The number of hydrogen-bond donors (Lipinski definition) is 3. The molecule has 29 heavy (non-hydrogen) atoms. The lowest BCUT2D eigenvalue weighted by Gasteiger charge is -2.19. The third-order valence-electron chi connectivity index (χ3n) is 4.25. The first-order valence-electron chi connectivity index (χ1n) is 9.33. The topological polar surface area (TPSA) is 86.6 Å². The molecule has 3 rings (SSSR count). The van der Waals surface area contributed by atoms with Gasteiger partial charge in [-0.2, -0.15) is 0 Å². The first kappa shape index (κ1) is 23.0. The van der Waals surface area contributed by atoms with Crippen molar-refractivity contribution in [2.24, 2.45) is 0 Å². The van der Waals surface area contributed by atoms with Crippen LogP contribution < -0.4 is 5.32 Å². The maximum absolute atomic E-state index is 9.55. The van der Waals surface area contributed by atoms with Crippen LogP contribution in [-0.2, 0) is 16.0 Å². The largest absolute Gasteiger partial charge is 0.478 e. The number of nitrogens with one attached hydrogen (secondary N) is 1. The lowest BCUT2D eigenvalue weighted by atomic mass is 9.98. The quantitative estimate of drug-likeness (QED) is 0.429. The maximum atomic E-state index is 9.55. The number of aliphatic carboxylic acids is 2. The SMILES string of the molecule is CCCCNC1Cc2cc(Cl)ccc2Sc2ccccc21.O=C(O)/C=C\C(=O)O. The number of fused-ring (bicyclic) bond motifs is 2. The number of benzene rings is 2. The summed E-state index contributed by atoms with van der Waals surface area (Å²) in [6.45, 7) is 3.30. The number of hydrogen-bond acceptors (Lipinski definition) is 4. The van der Waals surface area contributed by atoms with Crippen LogP contribution in [-0.4, -0.2) is 28.7 Å². The van der Waals surface area contributed by atoms with E-state index in [-0.39, 0.29) is 0 Å². The van der Waals surface area contributed by atoms with E-state index in [1.807, 2.05) is 17.8 Å². The number of carboxylic acids is 2. The summed E-state index contributed by atoms with van der Waals surface area (Å²) >= 11 is 8.04. The number of halogens is 1. The second-order valence-electron chi connectivity index (χ2n) is 6.47.